The molecule has 1 amide bonds. The van der Waals surface area contributed by atoms with Gasteiger partial charge in [0.1, 0.15) is 11.4 Å². The molecule has 1 saturated heterocycles. The molecule has 20 heavy (non-hydrogen) atoms. The van der Waals surface area contributed by atoms with Gasteiger partial charge in [-0.15, -0.1) is 0 Å². The van der Waals surface area contributed by atoms with E-state index in [1.165, 1.54) is 12.1 Å². The fourth-order valence-electron chi connectivity index (χ4n) is 2.39. The predicted molar refractivity (Wildman–Crippen MR) is 74.9 cm³/mol. The van der Waals surface area contributed by atoms with Crippen molar-refractivity contribution in [1.29, 1.82) is 0 Å². The van der Waals surface area contributed by atoms with Crippen molar-refractivity contribution in [2.75, 3.05) is 13.1 Å². The summed E-state index contributed by atoms with van der Waals surface area (Å²) in [5, 5.41) is 6.17. The molecule has 0 saturated carbocycles. The van der Waals surface area contributed by atoms with E-state index in [1.807, 2.05) is 20.8 Å². The highest BCUT2D eigenvalue weighted by molar-refractivity contribution is 5.69. The number of hydrogen-bond donors (Lipinski definition) is 2. The number of ether oxygens (including phenoxy) is 1. The largest absolute Gasteiger partial charge is 0.444 e. The summed E-state index contributed by atoms with van der Waals surface area (Å²) < 4.78 is 18.4. The maximum absolute atomic E-state index is 13.1. The number of rotatable bonds is 2. The van der Waals surface area contributed by atoms with Gasteiger partial charge >= 0.3 is 6.09 Å². The first-order valence-electron chi connectivity index (χ1n) is 6.79. The molecule has 2 rings (SSSR count). The summed E-state index contributed by atoms with van der Waals surface area (Å²) in [6, 6.07) is 6.23. The molecule has 0 aliphatic carbocycles. The Bertz CT molecular complexity index is 474. The summed E-state index contributed by atoms with van der Waals surface area (Å²) >= 11 is 0. The molecule has 1 aliphatic rings. The SMILES string of the molecule is CC(C)(C)OC(=O)NC1(c2ccc(F)cc2)CCNC1. The Hall–Kier alpha value is -1.62. The average Bonchev–Trinajstić information content (AvgIpc) is 2.76. The van der Waals surface area contributed by atoms with Gasteiger partial charge in [0.05, 0.1) is 5.54 Å². The highest BCUT2D eigenvalue weighted by Gasteiger charge is 2.38. The maximum atomic E-state index is 13.1. The van der Waals surface area contributed by atoms with E-state index < -0.39 is 17.2 Å². The average molecular weight is 280 g/mol. The van der Waals surface area contributed by atoms with Gasteiger partial charge in [0.25, 0.3) is 0 Å². The van der Waals surface area contributed by atoms with Crippen LogP contribution in [0.15, 0.2) is 24.3 Å². The van der Waals surface area contributed by atoms with E-state index in [0.29, 0.717) is 6.54 Å². The van der Waals surface area contributed by atoms with Gasteiger partial charge in [-0.05, 0) is 51.4 Å². The molecule has 0 aromatic heterocycles. The number of halogens is 1. The summed E-state index contributed by atoms with van der Waals surface area (Å²) in [7, 11) is 0. The summed E-state index contributed by atoms with van der Waals surface area (Å²) in [5.41, 5.74) is -0.189. The molecule has 1 aromatic carbocycles. The molecular formula is C15H21FN2O2. The number of carbonyl (C=O) groups is 1. The molecule has 0 spiro atoms. The van der Waals surface area contributed by atoms with Gasteiger partial charge in [-0.25, -0.2) is 9.18 Å². The molecule has 1 aliphatic heterocycles. The lowest BCUT2D eigenvalue weighted by Gasteiger charge is -2.31. The molecule has 1 heterocycles. The lowest BCUT2D eigenvalue weighted by molar-refractivity contribution is 0.0461. The quantitative estimate of drug-likeness (QED) is 0.875. The third-order valence-corrected chi connectivity index (χ3v) is 3.29. The van der Waals surface area contributed by atoms with Crippen LogP contribution >= 0.6 is 0 Å². The normalized spacial score (nSPS) is 22.6. The first-order valence-corrected chi connectivity index (χ1v) is 6.79. The van der Waals surface area contributed by atoms with Crippen LogP contribution < -0.4 is 10.6 Å². The van der Waals surface area contributed by atoms with Crippen molar-refractivity contribution in [3.05, 3.63) is 35.6 Å². The van der Waals surface area contributed by atoms with Crippen LogP contribution in [0.25, 0.3) is 0 Å². The van der Waals surface area contributed by atoms with Crippen molar-refractivity contribution in [3.8, 4) is 0 Å². The smallest absolute Gasteiger partial charge is 0.408 e. The van der Waals surface area contributed by atoms with E-state index in [-0.39, 0.29) is 5.82 Å². The summed E-state index contributed by atoms with van der Waals surface area (Å²) in [5.74, 6) is -0.285. The number of hydrogen-bond acceptors (Lipinski definition) is 3. The Morgan fingerprint density at radius 2 is 2.00 bits per heavy atom. The fraction of sp³-hybridized carbons (Fsp3) is 0.533. The highest BCUT2D eigenvalue weighted by atomic mass is 19.1. The van der Waals surface area contributed by atoms with Crippen LogP contribution in [-0.2, 0) is 10.3 Å². The van der Waals surface area contributed by atoms with Crippen molar-refractivity contribution >= 4 is 6.09 Å². The number of carbonyl (C=O) groups excluding carboxylic acids is 1. The topological polar surface area (TPSA) is 50.4 Å². The Morgan fingerprint density at radius 3 is 2.50 bits per heavy atom. The minimum absolute atomic E-state index is 0.285. The van der Waals surface area contributed by atoms with Crippen LogP contribution in [0.5, 0.6) is 0 Å². The zero-order chi connectivity index (χ0) is 14.8. The molecule has 1 fully saturated rings. The molecule has 110 valence electrons. The maximum Gasteiger partial charge on any atom is 0.408 e. The van der Waals surface area contributed by atoms with Crippen LogP contribution in [0.4, 0.5) is 9.18 Å². The van der Waals surface area contributed by atoms with Crippen molar-refractivity contribution < 1.29 is 13.9 Å². The molecule has 4 nitrogen and oxygen atoms in total. The van der Waals surface area contributed by atoms with E-state index in [0.717, 1.165) is 18.5 Å². The molecule has 2 N–H and O–H groups in total. The van der Waals surface area contributed by atoms with E-state index in [2.05, 4.69) is 10.6 Å². The molecule has 1 aromatic rings. The second-order valence-corrected chi connectivity index (χ2v) is 6.14. The van der Waals surface area contributed by atoms with Crippen molar-refractivity contribution in [1.82, 2.24) is 10.6 Å². The molecule has 0 radical (unpaired) electrons. The Kier molecular flexibility index (Phi) is 3.99. The van der Waals surface area contributed by atoms with Gasteiger partial charge in [0.15, 0.2) is 0 Å². The van der Waals surface area contributed by atoms with Crippen molar-refractivity contribution in [2.24, 2.45) is 0 Å². The minimum atomic E-state index is -0.542. The standard InChI is InChI=1S/C15H21FN2O2/c1-14(2,3)20-13(19)18-15(8-9-17-10-15)11-4-6-12(16)7-5-11/h4-7,17H,8-10H2,1-3H3,(H,18,19). The van der Waals surface area contributed by atoms with E-state index in [4.69, 9.17) is 4.74 Å². The fourth-order valence-corrected chi connectivity index (χ4v) is 2.39. The molecular weight excluding hydrogens is 259 g/mol. The molecule has 1 atom stereocenters. The first kappa shape index (κ1) is 14.8. The minimum Gasteiger partial charge on any atom is -0.444 e. The van der Waals surface area contributed by atoms with Crippen LogP contribution in [0.2, 0.25) is 0 Å². The van der Waals surface area contributed by atoms with E-state index >= 15 is 0 Å². The van der Waals surface area contributed by atoms with Crippen molar-refractivity contribution in [2.45, 2.75) is 38.3 Å². The monoisotopic (exact) mass is 280 g/mol. The van der Waals surface area contributed by atoms with Crippen LogP contribution in [0.1, 0.15) is 32.8 Å². The second-order valence-electron chi connectivity index (χ2n) is 6.14. The van der Waals surface area contributed by atoms with Gasteiger partial charge in [-0.2, -0.15) is 0 Å². The Labute approximate surface area is 118 Å². The summed E-state index contributed by atoms with van der Waals surface area (Å²) in [6.45, 7) is 6.88. The molecule has 1 unspecified atom stereocenters. The van der Waals surface area contributed by atoms with Gasteiger partial charge in [-0.1, -0.05) is 12.1 Å². The highest BCUT2D eigenvalue weighted by Crippen LogP contribution is 2.28. The lowest BCUT2D eigenvalue weighted by atomic mass is 9.89. The van der Waals surface area contributed by atoms with Gasteiger partial charge < -0.3 is 15.4 Å². The predicted octanol–water partition coefficient (Wildman–Crippen LogP) is 2.54. The number of nitrogens with one attached hydrogen (secondary N) is 2. The number of alkyl carbamates (subject to hydrolysis) is 1. The van der Waals surface area contributed by atoms with Gasteiger partial charge in [0, 0.05) is 6.54 Å². The van der Waals surface area contributed by atoms with Crippen molar-refractivity contribution in [3.63, 3.8) is 0 Å². The van der Waals surface area contributed by atoms with Crippen LogP contribution in [0.3, 0.4) is 0 Å². The van der Waals surface area contributed by atoms with Crippen LogP contribution in [0, 0.1) is 5.82 Å². The van der Waals surface area contributed by atoms with E-state index in [9.17, 15) is 9.18 Å². The van der Waals surface area contributed by atoms with Crippen LogP contribution in [-0.4, -0.2) is 24.8 Å². The van der Waals surface area contributed by atoms with Gasteiger partial charge in [-0.3, -0.25) is 0 Å². The summed E-state index contributed by atoms with van der Waals surface area (Å²) in [6.07, 6.45) is 0.295. The number of amides is 1. The molecule has 5 heteroatoms. The van der Waals surface area contributed by atoms with Gasteiger partial charge in [0.2, 0.25) is 0 Å². The second kappa shape index (κ2) is 5.40. The Morgan fingerprint density at radius 1 is 1.35 bits per heavy atom. The Balaban J connectivity index is 2.18. The number of benzene rings is 1. The first-order chi connectivity index (χ1) is 9.31. The van der Waals surface area contributed by atoms with E-state index in [1.54, 1.807) is 12.1 Å². The third-order valence-electron chi connectivity index (χ3n) is 3.29. The zero-order valence-electron chi connectivity index (χ0n) is 12.1. The zero-order valence-corrected chi connectivity index (χ0v) is 12.1. The lowest BCUT2D eigenvalue weighted by Crippen LogP contribution is -2.49. The molecule has 0 bridgehead atoms. The summed E-state index contributed by atoms with van der Waals surface area (Å²) in [4.78, 5) is 12.0. The third kappa shape index (κ3) is 3.48.